The highest BCUT2D eigenvalue weighted by molar-refractivity contribution is 5.81. The first-order chi connectivity index (χ1) is 11.0. The van der Waals surface area contributed by atoms with Crippen molar-refractivity contribution in [2.75, 3.05) is 5.32 Å². The average molecular weight is 307 g/mol. The number of hydrogen-bond donors (Lipinski definition) is 1. The molecule has 0 spiro atoms. The maximum Gasteiger partial charge on any atom is 0.160 e. The Morgan fingerprint density at radius 3 is 2.52 bits per heavy atom. The molecule has 0 fully saturated rings. The van der Waals surface area contributed by atoms with Gasteiger partial charge in [-0.1, -0.05) is 18.2 Å². The first-order valence-corrected chi connectivity index (χ1v) is 7.74. The van der Waals surface area contributed by atoms with E-state index in [2.05, 4.69) is 42.3 Å². The van der Waals surface area contributed by atoms with E-state index in [1.54, 1.807) is 0 Å². The fraction of sp³-hybridized carbons (Fsp3) is 0.263. The highest BCUT2D eigenvalue weighted by Gasteiger charge is 2.11. The predicted molar refractivity (Wildman–Crippen MR) is 93.3 cm³/mol. The molecule has 118 valence electrons. The standard InChI is InChI=1S/C19H21N3O/c1-12-6-5-7-13(2)17(12)9-20-18-8-16(11-23)10-22-15(4)14(3)21-19(18)22/h5-8,10-11,20H,9H2,1-4H3. The van der Waals surface area contributed by atoms with Crippen LogP contribution in [0.4, 0.5) is 5.69 Å². The molecule has 23 heavy (non-hydrogen) atoms. The molecule has 2 aromatic heterocycles. The summed E-state index contributed by atoms with van der Waals surface area (Å²) in [7, 11) is 0. The van der Waals surface area contributed by atoms with Gasteiger partial charge in [0, 0.05) is 24.0 Å². The Hall–Kier alpha value is -2.62. The molecule has 1 N–H and O–H groups in total. The minimum Gasteiger partial charge on any atom is -0.378 e. The second-order valence-corrected chi connectivity index (χ2v) is 6.01. The molecule has 4 heteroatoms. The van der Waals surface area contributed by atoms with Gasteiger partial charge in [-0.2, -0.15) is 0 Å². The van der Waals surface area contributed by atoms with Gasteiger partial charge in [0.2, 0.25) is 0 Å². The number of pyridine rings is 1. The van der Waals surface area contributed by atoms with Crippen molar-refractivity contribution in [1.82, 2.24) is 9.38 Å². The van der Waals surface area contributed by atoms with Crippen LogP contribution in [0.25, 0.3) is 5.65 Å². The van der Waals surface area contributed by atoms with Gasteiger partial charge in [0.15, 0.2) is 11.9 Å². The number of anilines is 1. The minimum atomic E-state index is 0.641. The van der Waals surface area contributed by atoms with Gasteiger partial charge in [0.05, 0.1) is 11.4 Å². The summed E-state index contributed by atoms with van der Waals surface area (Å²) in [4.78, 5) is 15.9. The molecule has 0 saturated heterocycles. The van der Waals surface area contributed by atoms with Crippen LogP contribution in [0.2, 0.25) is 0 Å². The predicted octanol–water partition coefficient (Wildman–Crippen LogP) is 3.99. The second-order valence-electron chi connectivity index (χ2n) is 6.01. The molecule has 0 saturated carbocycles. The van der Waals surface area contributed by atoms with Crippen molar-refractivity contribution in [3.05, 3.63) is 64.1 Å². The first-order valence-electron chi connectivity index (χ1n) is 7.74. The normalized spacial score (nSPS) is 11.0. The van der Waals surface area contributed by atoms with Crippen LogP contribution in [-0.4, -0.2) is 15.7 Å². The molecule has 0 unspecified atom stereocenters. The highest BCUT2D eigenvalue weighted by atomic mass is 16.1. The average Bonchev–Trinajstić information content (AvgIpc) is 2.82. The summed E-state index contributed by atoms with van der Waals surface area (Å²) in [5.41, 5.74) is 8.21. The number of hydrogen-bond acceptors (Lipinski definition) is 3. The van der Waals surface area contributed by atoms with Crippen molar-refractivity contribution >= 4 is 17.6 Å². The summed E-state index contributed by atoms with van der Waals surface area (Å²) in [6.45, 7) is 8.94. The van der Waals surface area contributed by atoms with E-state index in [1.807, 2.05) is 30.5 Å². The Bertz CT molecular complexity index is 873. The van der Waals surface area contributed by atoms with Crippen molar-refractivity contribution in [3.8, 4) is 0 Å². The van der Waals surface area contributed by atoms with Crippen LogP contribution < -0.4 is 5.32 Å². The molecular weight excluding hydrogens is 286 g/mol. The molecule has 3 aromatic rings. The zero-order valence-corrected chi connectivity index (χ0v) is 14.0. The summed E-state index contributed by atoms with van der Waals surface area (Å²) < 4.78 is 1.98. The van der Waals surface area contributed by atoms with E-state index in [0.29, 0.717) is 12.1 Å². The van der Waals surface area contributed by atoms with Crippen molar-refractivity contribution < 1.29 is 4.79 Å². The van der Waals surface area contributed by atoms with Gasteiger partial charge in [0.25, 0.3) is 0 Å². The highest BCUT2D eigenvalue weighted by Crippen LogP contribution is 2.23. The third-order valence-electron chi connectivity index (χ3n) is 4.45. The van der Waals surface area contributed by atoms with E-state index in [0.717, 1.165) is 29.0 Å². The number of rotatable bonds is 4. The summed E-state index contributed by atoms with van der Waals surface area (Å²) in [5.74, 6) is 0. The van der Waals surface area contributed by atoms with Gasteiger partial charge in [-0.25, -0.2) is 4.98 Å². The number of imidazole rings is 1. The molecule has 3 rings (SSSR count). The SMILES string of the molecule is Cc1cccc(C)c1CNc1cc(C=O)cn2c(C)c(C)nc12. The van der Waals surface area contributed by atoms with E-state index >= 15 is 0 Å². The molecule has 0 bridgehead atoms. The Kier molecular flexibility index (Phi) is 3.90. The maximum atomic E-state index is 11.2. The lowest BCUT2D eigenvalue weighted by atomic mass is 10.0. The summed E-state index contributed by atoms with van der Waals surface area (Å²) in [5, 5.41) is 3.46. The van der Waals surface area contributed by atoms with Crippen molar-refractivity contribution in [1.29, 1.82) is 0 Å². The number of carbonyl (C=O) groups excluding carboxylic acids is 1. The molecule has 2 heterocycles. The number of fused-ring (bicyclic) bond motifs is 1. The number of aryl methyl sites for hydroxylation is 4. The number of carbonyl (C=O) groups is 1. The summed E-state index contributed by atoms with van der Waals surface area (Å²) >= 11 is 0. The van der Waals surface area contributed by atoms with Gasteiger partial charge in [-0.05, 0) is 50.5 Å². The lowest BCUT2D eigenvalue weighted by Crippen LogP contribution is -2.06. The van der Waals surface area contributed by atoms with E-state index in [4.69, 9.17) is 0 Å². The van der Waals surface area contributed by atoms with Crippen molar-refractivity contribution in [2.24, 2.45) is 0 Å². The van der Waals surface area contributed by atoms with Gasteiger partial charge >= 0.3 is 0 Å². The Labute approximate surface area is 136 Å². The molecule has 4 nitrogen and oxygen atoms in total. The smallest absolute Gasteiger partial charge is 0.160 e. The molecule has 0 aliphatic rings. The van der Waals surface area contributed by atoms with Crippen LogP contribution in [0.5, 0.6) is 0 Å². The first kappa shape index (κ1) is 15.3. The zero-order valence-electron chi connectivity index (χ0n) is 14.0. The summed E-state index contributed by atoms with van der Waals surface area (Å²) in [6.07, 6.45) is 2.71. The number of aromatic nitrogens is 2. The van der Waals surface area contributed by atoms with E-state index in [1.165, 1.54) is 16.7 Å². The van der Waals surface area contributed by atoms with Crippen LogP contribution in [0.3, 0.4) is 0 Å². The quantitative estimate of drug-likeness (QED) is 0.741. The van der Waals surface area contributed by atoms with Crippen molar-refractivity contribution in [3.63, 3.8) is 0 Å². The Balaban J connectivity index is 2.02. The van der Waals surface area contributed by atoms with Gasteiger partial charge in [-0.15, -0.1) is 0 Å². The minimum absolute atomic E-state index is 0.641. The molecule has 0 amide bonds. The zero-order chi connectivity index (χ0) is 16.6. The van der Waals surface area contributed by atoms with E-state index in [9.17, 15) is 4.79 Å². The van der Waals surface area contributed by atoms with Crippen LogP contribution >= 0.6 is 0 Å². The number of nitrogens with zero attached hydrogens (tertiary/aromatic N) is 2. The van der Waals surface area contributed by atoms with Crippen LogP contribution in [0, 0.1) is 27.7 Å². The third-order valence-corrected chi connectivity index (χ3v) is 4.45. The lowest BCUT2D eigenvalue weighted by Gasteiger charge is -2.13. The van der Waals surface area contributed by atoms with Crippen LogP contribution in [0.15, 0.2) is 30.5 Å². The van der Waals surface area contributed by atoms with Crippen molar-refractivity contribution in [2.45, 2.75) is 34.2 Å². The molecular formula is C19H21N3O. The number of benzene rings is 1. The van der Waals surface area contributed by atoms with E-state index < -0.39 is 0 Å². The topological polar surface area (TPSA) is 46.4 Å². The largest absolute Gasteiger partial charge is 0.378 e. The Morgan fingerprint density at radius 2 is 1.87 bits per heavy atom. The summed E-state index contributed by atoms with van der Waals surface area (Å²) in [6, 6.07) is 8.17. The third kappa shape index (κ3) is 2.72. The van der Waals surface area contributed by atoms with E-state index in [-0.39, 0.29) is 0 Å². The Morgan fingerprint density at radius 1 is 1.17 bits per heavy atom. The van der Waals surface area contributed by atoms with Gasteiger partial charge < -0.3 is 9.72 Å². The van der Waals surface area contributed by atoms with Crippen LogP contribution in [-0.2, 0) is 6.54 Å². The molecule has 0 aliphatic heterocycles. The lowest BCUT2D eigenvalue weighted by molar-refractivity contribution is 0.112. The molecule has 0 radical (unpaired) electrons. The number of aldehydes is 1. The monoisotopic (exact) mass is 307 g/mol. The van der Waals surface area contributed by atoms with Gasteiger partial charge in [-0.3, -0.25) is 4.79 Å². The number of nitrogens with one attached hydrogen (secondary N) is 1. The second kappa shape index (κ2) is 5.88. The molecule has 1 aromatic carbocycles. The fourth-order valence-electron chi connectivity index (χ4n) is 2.90. The molecule has 0 atom stereocenters. The maximum absolute atomic E-state index is 11.2. The van der Waals surface area contributed by atoms with Gasteiger partial charge in [0.1, 0.15) is 0 Å². The molecule has 0 aliphatic carbocycles. The fourth-order valence-corrected chi connectivity index (χ4v) is 2.90. The van der Waals surface area contributed by atoms with Crippen LogP contribution in [0.1, 0.15) is 38.4 Å².